The van der Waals surface area contributed by atoms with E-state index in [-0.39, 0.29) is 18.8 Å². The summed E-state index contributed by atoms with van der Waals surface area (Å²) in [6, 6.07) is 12.1. The summed E-state index contributed by atoms with van der Waals surface area (Å²) in [5.74, 6) is -1.60. The molecule has 0 fully saturated rings. The number of halogens is 2. The minimum Gasteiger partial charge on any atom is -0.355 e. The highest BCUT2D eigenvalue weighted by Crippen LogP contribution is 2.05. The van der Waals surface area contributed by atoms with Crippen molar-refractivity contribution in [3.63, 3.8) is 0 Å². The number of hydrogen-bond acceptors (Lipinski definition) is 2. The molecule has 2 aromatic rings. The minimum absolute atomic E-state index is 0.0361. The maximum atomic E-state index is 13.4. The van der Waals surface area contributed by atoms with Crippen LogP contribution in [0.25, 0.3) is 0 Å². The fourth-order valence-electron chi connectivity index (χ4n) is 2.10. The molecule has 0 unspecified atom stereocenters. The Hall–Kier alpha value is -2.76. The Bertz CT molecular complexity index is 702. The Morgan fingerprint density at radius 3 is 2.25 bits per heavy atom. The van der Waals surface area contributed by atoms with Gasteiger partial charge in [-0.2, -0.15) is 0 Å². The normalized spacial score (nSPS) is 10.2. The lowest BCUT2D eigenvalue weighted by atomic mass is 10.1. The predicted molar refractivity (Wildman–Crippen MR) is 86.0 cm³/mol. The summed E-state index contributed by atoms with van der Waals surface area (Å²) in [6.07, 6.45) is 0.223. The fourth-order valence-corrected chi connectivity index (χ4v) is 2.10. The highest BCUT2D eigenvalue weighted by atomic mass is 19.1. The molecule has 0 radical (unpaired) electrons. The van der Waals surface area contributed by atoms with Crippen LogP contribution in [0.2, 0.25) is 0 Å². The van der Waals surface area contributed by atoms with Crippen molar-refractivity contribution in [1.29, 1.82) is 0 Å². The van der Waals surface area contributed by atoms with Crippen LogP contribution in [0.15, 0.2) is 48.5 Å². The Labute approximate surface area is 138 Å². The van der Waals surface area contributed by atoms with E-state index in [0.717, 1.165) is 5.56 Å². The number of hydrogen-bond donors (Lipinski definition) is 2. The molecule has 2 N–H and O–H groups in total. The van der Waals surface area contributed by atoms with Gasteiger partial charge in [0.1, 0.15) is 18.1 Å². The predicted octanol–water partition coefficient (Wildman–Crippen LogP) is 2.33. The summed E-state index contributed by atoms with van der Waals surface area (Å²) >= 11 is 0. The maximum Gasteiger partial charge on any atom is 0.229 e. The zero-order chi connectivity index (χ0) is 17.4. The molecule has 0 spiro atoms. The molecule has 126 valence electrons. The monoisotopic (exact) mass is 332 g/mol. The van der Waals surface area contributed by atoms with Gasteiger partial charge >= 0.3 is 0 Å². The molecule has 0 aromatic heterocycles. The van der Waals surface area contributed by atoms with E-state index in [1.54, 1.807) is 30.3 Å². The number of carbonyl (C=O) groups excluding carboxylic acids is 2. The second-order valence-electron chi connectivity index (χ2n) is 5.27. The van der Waals surface area contributed by atoms with Crippen molar-refractivity contribution in [3.8, 4) is 0 Å². The van der Waals surface area contributed by atoms with E-state index in [9.17, 15) is 18.4 Å². The van der Waals surface area contributed by atoms with Crippen molar-refractivity contribution < 1.29 is 18.4 Å². The minimum atomic E-state index is -0.475. The third-order valence-corrected chi connectivity index (χ3v) is 3.40. The van der Waals surface area contributed by atoms with Crippen LogP contribution in [0.1, 0.15) is 17.5 Å². The van der Waals surface area contributed by atoms with Crippen LogP contribution in [-0.4, -0.2) is 18.4 Å². The van der Waals surface area contributed by atoms with Crippen LogP contribution >= 0.6 is 0 Å². The molecule has 0 aliphatic rings. The van der Waals surface area contributed by atoms with Gasteiger partial charge < -0.3 is 10.6 Å². The van der Waals surface area contributed by atoms with Gasteiger partial charge in [0.2, 0.25) is 11.8 Å². The van der Waals surface area contributed by atoms with Crippen molar-refractivity contribution >= 4 is 11.8 Å². The molecule has 0 saturated heterocycles. The van der Waals surface area contributed by atoms with Crippen LogP contribution in [0.4, 0.5) is 8.78 Å². The maximum absolute atomic E-state index is 13.4. The first kappa shape index (κ1) is 17.6. The lowest BCUT2D eigenvalue weighted by Crippen LogP contribution is -2.32. The van der Waals surface area contributed by atoms with E-state index < -0.39 is 17.6 Å². The van der Waals surface area contributed by atoms with Gasteiger partial charge in [-0.3, -0.25) is 9.59 Å². The van der Waals surface area contributed by atoms with E-state index in [4.69, 9.17) is 0 Å². The fraction of sp³-hybridized carbons (Fsp3) is 0.222. The van der Waals surface area contributed by atoms with Crippen LogP contribution in [0.5, 0.6) is 0 Å². The van der Waals surface area contributed by atoms with Gasteiger partial charge in [-0.1, -0.05) is 30.3 Å². The van der Waals surface area contributed by atoms with Crippen LogP contribution < -0.4 is 10.6 Å². The number of nitrogens with one attached hydrogen (secondary N) is 2. The van der Waals surface area contributed by atoms with Gasteiger partial charge in [0.05, 0.1) is 0 Å². The summed E-state index contributed by atoms with van der Waals surface area (Å²) in [6.45, 7) is 0.388. The van der Waals surface area contributed by atoms with Crippen molar-refractivity contribution in [3.05, 3.63) is 71.3 Å². The van der Waals surface area contributed by atoms with E-state index in [2.05, 4.69) is 10.6 Å². The van der Waals surface area contributed by atoms with Crippen molar-refractivity contribution in [2.24, 2.45) is 0 Å². The van der Waals surface area contributed by atoms with Gasteiger partial charge in [-0.15, -0.1) is 0 Å². The Morgan fingerprint density at radius 1 is 0.875 bits per heavy atom. The lowest BCUT2D eigenvalue weighted by molar-refractivity contribution is -0.129. The lowest BCUT2D eigenvalue weighted by Gasteiger charge is -2.07. The zero-order valence-electron chi connectivity index (χ0n) is 13.0. The molecule has 0 aliphatic carbocycles. The third-order valence-electron chi connectivity index (χ3n) is 3.40. The van der Waals surface area contributed by atoms with Gasteiger partial charge in [0.15, 0.2) is 0 Å². The smallest absolute Gasteiger partial charge is 0.229 e. The molecular weight excluding hydrogens is 314 g/mol. The molecular formula is C18H18F2N2O2. The van der Waals surface area contributed by atoms with Crippen LogP contribution in [-0.2, 0) is 22.6 Å². The Kier molecular flexibility index (Phi) is 6.42. The first-order valence-corrected chi connectivity index (χ1v) is 7.56. The van der Waals surface area contributed by atoms with E-state index in [0.29, 0.717) is 18.5 Å². The quantitative estimate of drug-likeness (QED) is 0.765. The first-order valence-electron chi connectivity index (χ1n) is 7.56. The number of rotatable bonds is 7. The average Bonchev–Trinajstić information content (AvgIpc) is 2.56. The SMILES string of the molecule is O=C(CC(=O)NCc1ccccc1F)NCCc1ccc(F)cc1. The summed E-state index contributed by atoms with van der Waals surface area (Å²) in [5.41, 5.74) is 1.25. The number of benzene rings is 2. The van der Waals surface area contributed by atoms with Gasteiger partial charge in [0, 0.05) is 18.7 Å². The topological polar surface area (TPSA) is 58.2 Å². The zero-order valence-corrected chi connectivity index (χ0v) is 13.0. The molecule has 2 aromatic carbocycles. The average molecular weight is 332 g/mol. The van der Waals surface area contributed by atoms with Crippen molar-refractivity contribution in [1.82, 2.24) is 10.6 Å². The summed E-state index contributed by atoms with van der Waals surface area (Å²) in [7, 11) is 0. The van der Waals surface area contributed by atoms with Crippen LogP contribution in [0.3, 0.4) is 0 Å². The summed E-state index contributed by atoms with van der Waals surface area (Å²) in [4.78, 5) is 23.3. The van der Waals surface area contributed by atoms with Crippen molar-refractivity contribution in [2.75, 3.05) is 6.54 Å². The summed E-state index contributed by atoms with van der Waals surface area (Å²) in [5, 5.41) is 5.12. The second kappa shape index (κ2) is 8.76. The molecule has 4 nitrogen and oxygen atoms in total. The van der Waals surface area contributed by atoms with Crippen molar-refractivity contribution in [2.45, 2.75) is 19.4 Å². The number of amides is 2. The number of carbonyl (C=O) groups is 2. The molecule has 2 amide bonds. The third kappa shape index (κ3) is 5.79. The second-order valence-corrected chi connectivity index (χ2v) is 5.27. The highest BCUT2D eigenvalue weighted by Gasteiger charge is 2.09. The van der Waals surface area contributed by atoms with E-state index in [1.807, 2.05) is 0 Å². The molecule has 0 heterocycles. The van der Waals surface area contributed by atoms with E-state index >= 15 is 0 Å². The molecule has 24 heavy (non-hydrogen) atoms. The highest BCUT2D eigenvalue weighted by molar-refractivity contribution is 5.96. The Morgan fingerprint density at radius 2 is 1.54 bits per heavy atom. The first-order chi connectivity index (χ1) is 11.5. The standard InChI is InChI=1S/C18H18F2N2O2/c19-15-7-5-13(6-8-15)9-10-21-17(23)11-18(24)22-12-14-3-1-2-4-16(14)20/h1-8H,9-12H2,(H,21,23)(H,22,24). The van der Waals surface area contributed by atoms with E-state index in [1.165, 1.54) is 18.2 Å². The van der Waals surface area contributed by atoms with Gasteiger partial charge in [-0.05, 0) is 30.2 Å². The molecule has 0 atom stereocenters. The molecule has 0 saturated carbocycles. The largest absolute Gasteiger partial charge is 0.355 e. The molecule has 2 rings (SSSR count). The summed E-state index contributed by atoms with van der Waals surface area (Å²) < 4.78 is 26.2. The van der Waals surface area contributed by atoms with Gasteiger partial charge in [-0.25, -0.2) is 8.78 Å². The molecule has 0 aliphatic heterocycles. The Balaban J connectivity index is 1.67. The molecule has 0 bridgehead atoms. The molecule has 6 heteroatoms. The van der Waals surface area contributed by atoms with Gasteiger partial charge in [0.25, 0.3) is 0 Å². The van der Waals surface area contributed by atoms with Crippen LogP contribution in [0, 0.1) is 11.6 Å².